The largest absolute Gasteiger partial charge is 0.0683 e. The summed E-state index contributed by atoms with van der Waals surface area (Å²) >= 11 is 0. The maximum absolute atomic E-state index is 2.26. The number of hydrogen-bond donors (Lipinski definition) is 0. The molecule has 0 amide bonds. The van der Waals surface area contributed by atoms with Gasteiger partial charge >= 0.3 is 0 Å². The van der Waals surface area contributed by atoms with Crippen molar-refractivity contribution >= 4 is 32.3 Å². The minimum Gasteiger partial charge on any atom is -0.0683 e. The second kappa shape index (κ2) is 9.19. The van der Waals surface area contributed by atoms with Crippen molar-refractivity contribution < 1.29 is 0 Å². The second-order valence-electron chi connectivity index (χ2n) is 6.76. The average Bonchev–Trinajstić information content (AvgIpc) is 2.76. The van der Waals surface area contributed by atoms with Crippen molar-refractivity contribution in [2.45, 2.75) is 27.7 Å². The fourth-order valence-corrected chi connectivity index (χ4v) is 3.63. The van der Waals surface area contributed by atoms with Crippen LogP contribution in [-0.4, -0.2) is 0 Å². The van der Waals surface area contributed by atoms with Gasteiger partial charge < -0.3 is 0 Å². The van der Waals surface area contributed by atoms with E-state index in [-0.39, 0.29) is 0 Å². The van der Waals surface area contributed by atoms with Crippen molar-refractivity contribution in [3.8, 4) is 0 Å². The van der Waals surface area contributed by atoms with Gasteiger partial charge in [0, 0.05) is 0 Å². The van der Waals surface area contributed by atoms with E-state index in [0.717, 1.165) is 0 Å². The summed E-state index contributed by atoms with van der Waals surface area (Å²) in [6.07, 6.45) is 0. The molecular formula is C28H28. The maximum atomic E-state index is 2.26. The SMILES string of the molecule is CC.Cc1cc2ccccc2c2ccccc12.Cc1cccc2ccccc12. The Morgan fingerprint density at radius 3 is 1.57 bits per heavy atom. The van der Waals surface area contributed by atoms with Crippen LogP contribution in [0.15, 0.2) is 97.1 Å². The third kappa shape index (κ3) is 4.07. The van der Waals surface area contributed by atoms with E-state index in [2.05, 4.69) is 111 Å². The lowest BCUT2D eigenvalue weighted by Gasteiger charge is -2.06. The molecule has 0 radical (unpaired) electrons. The number of fused-ring (bicyclic) bond motifs is 4. The number of rotatable bonds is 0. The van der Waals surface area contributed by atoms with Crippen LogP contribution in [-0.2, 0) is 0 Å². The van der Waals surface area contributed by atoms with Crippen LogP contribution in [0.25, 0.3) is 32.3 Å². The van der Waals surface area contributed by atoms with Gasteiger partial charge in [0.2, 0.25) is 0 Å². The highest BCUT2D eigenvalue weighted by atomic mass is 14.1. The Bertz CT molecular complexity index is 1190. The normalized spacial score (nSPS) is 10.1. The van der Waals surface area contributed by atoms with Gasteiger partial charge in [-0.15, -0.1) is 0 Å². The summed E-state index contributed by atoms with van der Waals surface area (Å²) in [6, 6.07) is 34.2. The van der Waals surface area contributed by atoms with Gasteiger partial charge in [0.05, 0.1) is 0 Å². The first-order chi connectivity index (χ1) is 13.7. The first-order valence-electron chi connectivity index (χ1n) is 10.1. The third-order valence-corrected chi connectivity index (χ3v) is 4.98. The fraction of sp³-hybridized carbons (Fsp3) is 0.143. The van der Waals surface area contributed by atoms with Crippen LogP contribution in [0.3, 0.4) is 0 Å². The predicted molar refractivity (Wildman–Crippen MR) is 126 cm³/mol. The van der Waals surface area contributed by atoms with Crippen molar-refractivity contribution in [3.05, 3.63) is 108 Å². The topological polar surface area (TPSA) is 0 Å². The van der Waals surface area contributed by atoms with Crippen LogP contribution in [0, 0.1) is 13.8 Å². The first kappa shape index (κ1) is 19.6. The zero-order valence-corrected chi connectivity index (χ0v) is 17.2. The molecule has 0 aliphatic rings. The molecule has 0 aliphatic carbocycles. The lowest BCUT2D eigenvalue weighted by Crippen LogP contribution is -1.81. The summed E-state index contributed by atoms with van der Waals surface area (Å²) in [7, 11) is 0. The molecule has 28 heavy (non-hydrogen) atoms. The van der Waals surface area contributed by atoms with Crippen molar-refractivity contribution in [2.24, 2.45) is 0 Å². The van der Waals surface area contributed by atoms with Crippen molar-refractivity contribution in [2.75, 3.05) is 0 Å². The minimum atomic E-state index is 1.33. The fourth-order valence-electron chi connectivity index (χ4n) is 3.63. The Morgan fingerprint density at radius 2 is 0.893 bits per heavy atom. The van der Waals surface area contributed by atoms with E-state index >= 15 is 0 Å². The summed E-state index contributed by atoms with van der Waals surface area (Å²) < 4.78 is 0. The summed E-state index contributed by atoms with van der Waals surface area (Å²) in [5.41, 5.74) is 2.70. The molecule has 5 aromatic carbocycles. The molecule has 140 valence electrons. The molecule has 0 spiro atoms. The molecule has 0 atom stereocenters. The standard InChI is InChI=1S/C15H12.C11H10.C2H6/c1-11-10-12-6-2-3-8-14(12)15-9-5-4-7-13(11)15;1-9-5-4-7-10-6-2-3-8-11(9)10;1-2/h2-10H,1H3;2-8H,1H3;1-2H3. The highest BCUT2D eigenvalue weighted by Gasteiger charge is 2.01. The van der Waals surface area contributed by atoms with Gasteiger partial charge in [-0.25, -0.2) is 0 Å². The van der Waals surface area contributed by atoms with Crippen LogP contribution in [0.5, 0.6) is 0 Å². The average molecular weight is 365 g/mol. The Morgan fingerprint density at radius 1 is 0.393 bits per heavy atom. The smallest absolute Gasteiger partial charge is 0.0103 e. The molecule has 5 aromatic rings. The molecular weight excluding hydrogens is 336 g/mol. The lowest BCUT2D eigenvalue weighted by atomic mass is 9.98. The monoisotopic (exact) mass is 364 g/mol. The van der Waals surface area contributed by atoms with Gasteiger partial charge in [-0.3, -0.25) is 0 Å². The Balaban J connectivity index is 0.000000154. The summed E-state index contributed by atoms with van der Waals surface area (Å²) in [6.45, 7) is 8.32. The van der Waals surface area contributed by atoms with E-state index in [1.165, 1.54) is 43.4 Å². The van der Waals surface area contributed by atoms with Crippen LogP contribution >= 0.6 is 0 Å². The van der Waals surface area contributed by atoms with Gasteiger partial charge in [-0.2, -0.15) is 0 Å². The lowest BCUT2D eigenvalue weighted by molar-refractivity contribution is 1.50. The van der Waals surface area contributed by atoms with E-state index in [9.17, 15) is 0 Å². The highest BCUT2D eigenvalue weighted by molar-refractivity contribution is 6.08. The van der Waals surface area contributed by atoms with Crippen LogP contribution < -0.4 is 0 Å². The highest BCUT2D eigenvalue weighted by Crippen LogP contribution is 2.27. The van der Waals surface area contributed by atoms with Gasteiger partial charge in [-0.05, 0) is 57.3 Å². The number of benzene rings is 5. The molecule has 0 aromatic heterocycles. The van der Waals surface area contributed by atoms with Crippen LogP contribution in [0.4, 0.5) is 0 Å². The van der Waals surface area contributed by atoms with E-state index in [1.54, 1.807) is 0 Å². The van der Waals surface area contributed by atoms with Gasteiger partial charge in [-0.1, -0.05) is 111 Å². The number of aryl methyl sites for hydroxylation is 2. The van der Waals surface area contributed by atoms with E-state index < -0.39 is 0 Å². The van der Waals surface area contributed by atoms with E-state index in [4.69, 9.17) is 0 Å². The zero-order chi connectivity index (χ0) is 19.9. The maximum Gasteiger partial charge on any atom is -0.0103 e. The Kier molecular flexibility index (Phi) is 6.45. The Labute approximate surface area is 168 Å². The molecule has 0 nitrogen and oxygen atoms in total. The molecule has 0 heterocycles. The summed E-state index contributed by atoms with van der Waals surface area (Å²) in [5.74, 6) is 0. The molecule has 0 aliphatic heterocycles. The van der Waals surface area contributed by atoms with E-state index in [0.29, 0.717) is 0 Å². The quantitative estimate of drug-likeness (QED) is 0.242. The first-order valence-corrected chi connectivity index (χ1v) is 10.1. The van der Waals surface area contributed by atoms with Crippen molar-refractivity contribution in [1.29, 1.82) is 0 Å². The zero-order valence-electron chi connectivity index (χ0n) is 17.2. The molecule has 0 heteroatoms. The molecule has 0 saturated heterocycles. The number of hydrogen-bond acceptors (Lipinski definition) is 0. The minimum absolute atomic E-state index is 1.33. The molecule has 0 N–H and O–H groups in total. The van der Waals surface area contributed by atoms with Crippen LogP contribution in [0.2, 0.25) is 0 Å². The third-order valence-electron chi connectivity index (χ3n) is 4.98. The molecule has 0 bridgehead atoms. The predicted octanol–water partition coefficient (Wildman–Crippen LogP) is 8.48. The van der Waals surface area contributed by atoms with Gasteiger partial charge in [0.15, 0.2) is 0 Å². The van der Waals surface area contributed by atoms with Crippen molar-refractivity contribution in [1.82, 2.24) is 0 Å². The molecule has 0 saturated carbocycles. The summed E-state index contributed by atoms with van der Waals surface area (Å²) in [5, 5.41) is 8.07. The molecule has 5 rings (SSSR count). The van der Waals surface area contributed by atoms with Gasteiger partial charge in [0.1, 0.15) is 0 Å². The summed E-state index contributed by atoms with van der Waals surface area (Å²) in [4.78, 5) is 0. The second-order valence-corrected chi connectivity index (χ2v) is 6.76. The van der Waals surface area contributed by atoms with E-state index in [1.807, 2.05) is 13.8 Å². The van der Waals surface area contributed by atoms with Crippen LogP contribution in [0.1, 0.15) is 25.0 Å². The van der Waals surface area contributed by atoms with Crippen molar-refractivity contribution in [3.63, 3.8) is 0 Å². The van der Waals surface area contributed by atoms with Gasteiger partial charge in [0.25, 0.3) is 0 Å². The molecule has 0 fully saturated rings. The Hall–Kier alpha value is -3.12. The molecule has 0 unspecified atom stereocenters.